The molecule has 0 radical (unpaired) electrons. The van der Waals surface area contributed by atoms with Gasteiger partial charge in [-0.2, -0.15) is 0 Å². The predicted molar refractivity (Wildman–Crippen MR) is 83.1 cm³/mol. The Morgan fingerprint density at radius 2 is 2.15 bits per heavy atom. The second-order valence-corrected chi connectivity index (χ2v) is 6.86. The lowest BCUT2D eigenvalue weighted by Gasteiger charge is -2.22. The number of nitrogens with zero attached hydrogens (tertiary/aromatic N) is 1. The molecule has 0 unspecified atom stereocenters. The van der Waals surface area contributed by atoms with Crippen molar-refractivity contribution in [2.24, 2.45) is 5.92 Å². The second-order valence-electron chi connectivity index (χ2n) is 5.57. The fraction of sp³-hybridized carbons (Fsp3) is 0.733. The van der Waals surface area contributed by atoms with E-state index < -0.39 is 0 Å². The summed E-state index contributed by atoms with van der Waals surface area (Å²) in [5.41, 5.74) is 1.11. The van der Waals surface area contributed by atoms with Crippen molar-refractivity contribution in [2.45, 2.75) is 46.0 Å². The number of carbonyl (C=O) groups is 1. The third-order valence-electron chi connectivity index (χ3n) is 3.91. The summed E-state index contributed by atoms with van der Waals surface area (Å²) >= 11 is 1.73. The van der Waals surface area contributed by atoms with Crippen LogP contribution in [0.1, 0.15) is 41.3 Å². The summed E-state index contributed by atoms with van der Waals surface area (Å²) in [6, 6.07) is 0. The van der Waals surface area contributed by atoms with E-state index in [1.165, 1.54) is 17.7 Å². The maximum atomic E-state index is 11.8. The molecule has 1 aliphatic heterocycles. The molecule has 1 aromatic heterocycles. The lowest BCUT2D eigenvalue weighted by molar-refractivity contribution is -0.121. The molecule has 5 heteroatoms. The zero-order valence-electron chi connectivity index (χ0n) is 12.5. The monoisotopic (exact) mass is 295 g/mol. The van der Waals surface area contributed by atoms with Gasteiger partial charge >= 0.3 is 0 Å². The highest BCUT2D eigenvalue weighted by Crippen LogP contribution is 2.18. The minimum Gasteiger partial charge on any atom is -0.356 e. The van der Waals surface area contributed by atoms with Gasteiger partial charge < -0.3 is 10.6 Å². The number of piperidine rings is 1. The molecule has 1 saturated heterocycles. The van der Waals surface area contributed by atoms with Gasteiger partial charge in [0.25, 0.3) is 0 Å². The van der Waals surface area contributed by atoms with Crippen LogP contribution < -0.4 is 10.6 Å². The topological polar surface area (TPSA) is 54.0 Å². The number of thiazole rings is 1. The first kappa shape index (κ1) is 15.4. The van der Waals surface area contributed by atoms with Crippen LogP contribution in [0, 0.1) is 19.8 Å². The number of rotatable bonds is 6. The molecule has 20 heavy (non-hydrogen) atoms. The van der Waals surface area contributed by atoms with Gasteiger partial charge in [-0.3, -0.25) is 4.79 Å². The molecule has 112 valence electrons. The molecule has 1 amide bonds. The van der Waals surface area contributed by atoms with E-state index in [1.807, 2.05) is 13.8 Å². The van der Waals surface area contributed by atoms with Gasteiger partial charge in [0.1, 0.15) is 0 Å². The molecular weight excluding hydrogens is 270 g/mol. The van der Waals surface area contributed by atoms with E-state index in [1.54, 1.807) is 11.3 Å². The average Bonchev–Trinajstić information content (AvgIpc) is 2.76. The highest BCUT2D eigenvalue weighted by molar-refractivity contribution is 7.11. The summed E-state index contributed by atoms with van der Waals surface area (Å²) in [7, 11) is 0. The normalized spacial score (nSPS) is 16.3. The van der Waals surface area contributed by atoms with E-state index in [2.05, 4.69) is 15.6 Å². The highest BCUT2D eigenvalue weighted by Gasteiger charge is 2.14. The van der Waals surface area contributed by atoms with Gasteiger partial charge in [0, 0.05) is 24.3 Å². The minimum absolute atomic E-state index is 0.197. The number of amides is 1. The Balaban J connectivity index is 1.61. The zero-order chi connectivity index (χ0) is 14.4. The first-order valence-corrected chi connectivity index (χ1v) is 8.37. The summed E-state index contributed by atoms with van der Waals surface area (Å²) in [5.74, 6) is 0.927. The molecule has 4 nitrogen and oxygen atoms in total. The largest absolute Gasteiger partial charge is 0.356 e. The Morgan fingerprint density at radius 3 is 2.80 bits per heavy atom. The van der Waals surface area contributed by atoms with E-state index in [0.29, 0.717) is 6.42 Å². The molecule has 1 aromatic rings. The van der Waals surface area contributed by atoms with Crippen molar-refractivity contribution in [1.82, 2.24) is 15.6 Å². The summed E-state index contributed by atoms with van der Waals surface area (Å²) in [4.78, 5) is 17.5. The smallest absolute Gasteiger partial charge is 0.220 e. The Morgan fingerprint density at radius 1 is 1.40 bits per heavy atom. The van der Waals surface area contributed by atoms with Crippen LogP contribution in [0.5, 0.6) is 0 Å². The highest BCUT2D eigenvalue weighted by atomic mass is 32.1. The molecule has 2 heterocycles. The number of aryl methyl sites for hydroxylation is 2. The van der Waals surface area contributed by atoms with Crippen LogP contribution >= 0.6 is 11.3 Å². The molecule has 0 saturated carbocycles. The van der Waals surface area contributed by atoms with E-state index in [9.17, 15) is 4.79 Å². The standard InChI is InChI=1S/C15H25N3OS/c1-11-14(20-12(2)18-11)7-10-17-15(19)4-3-13-5-8-16-9-6-13/h13,16H,3-10H2,1-2H3,(H,17,19). The van der Waals surface area contributed by atoms with Gasteiger partial charge in [-0.05, 0) is 52.1 Å². The summed E-state index contributed by atoms with van der Waals surface area (Å²) in [6.45, 7) is 7.01. The van der Waals surface area contributed by atoms with Crippen molar-refractivity contribution in [1.29, 1.82) is 0 Å². The SMILES string of the molecule is Cc1nc(C)c(CCNC(=O)CCC2CCNCC2)s1. The lowest BCUT2D eigenvalue weighted by Crippen LogP contribution is -2.30. The lowest BCUT2D eigenvalue weighted by atomic mass is 9.93. The van der Waals surface area contributed by atoms with Crippen LogP contribution in [0.4, 0.5) is 0 Å². The second kappa shape index (κ2) is 7.74. The third kappa shape index (κ3) is 4.87. The Kier molecular flexibility index (Phi) is 5.98. The Hall–Kier alpha value is -0.940. The fourth-order valence-electron chi connectivity index (χ4n) is 2.71. The van der Waals surface area contributed by atoms with Crippen LogP contribution in [-0.2, 0) is 11.2 Å². The third-order valence-corrected chi connectivity index (χ3v) is 5.04. The Labute approximate surface area is 125 Å². The van der Waals surface area contributed by atoms with E-state index in [0.717, 1.165) is 49.1 Å². The number of hydrogen-bond donors (Lipinski definition) is 2. The van der Waals surface area contributed by atoms with Gasteiger partial charge in [0.15, 0.2) is 0 Å². The molecule has 0 aromatic carbocycles. The average molecular weight is 295 g/mol. The van der Waals surface area contributed by atoms with Gasteiger partial charge in [-0.25, -0.2) is 4.98 Å². The summed E-state index contributed by atoms with van der Waals surface area (Å²) in [6.07, 6.45) is 5.03. The van der Waals surface area contributed by atoms with Crippen LogP contribution in [-0.4, -0.2) is 30.5 Å². The van der Waals surface area contributed by atoms with E-state index in [4.69, 9.17) is 0 Å². The van der Waals surface area contributed by atoms with Crippen LogP contribution in [0.2, 0.25) is 0 Å². The van der Waals surface area contributed by atoms with E-state index >= 15 is 0 Å². The fourth-order valence-corrected chi connectivity index (χ4v) is 3.65. The van der Waals surface area contributed by atoms with Gasteiger partial charge in [0.2, 0.25) is 5.91 Å². The first-order chi connectivity index (χ1) is 9.65. The van der Waals surface area contributed by atoms with Crippen molar-refractivity contribution in [3.05, 3.63) is 15.6 Å². The maximum absolute atomic E-state index is 11.8. The molecule has 1 aliphatic rings. The van der Waals surface area contributed by atoms with Crippen LogP contribution in [0.25, 0.3) is 0 Å². The molecule has 0 spiro atoms. The number of nitrogens with one attached hydrogen (secondary N) is 2. The molecule has 1 fully saturated rings. The molecule has 0 aliphatic carbocycles. The van der Waals surface area contributed by atoms with Gasteiger partial charge in [0.05, 0.1) is 10.7 Å². The zero-order valence-corrected chi connectivity index (χ0v) is 13.3. The van der Waals surface area contributed by atoms with Crippen molar-refractivity contribution in [2.75, 3.05) is 19.6 Å². The summed E-state index contributed by atoms with van der Waals surface area (Å²) in [5, 5.41) is 7.49. The first-order valence-electron chi connectivity index (χ1n) is 7.55. The van der Waals surface area contributed by atoms with Crippen LogP contribution in [0.3, 0.4) is 0 Å². The molecule has 0 atom stereocenters. The van der Waals surface area contributed by atoms with Gasteiger partial charge in [-0.15, -0.1) is 11.3 Å². The van der Waals surface area contributed by atoms with Crippen molar-refractivity contribution in [3.8, 4) is 0 Å². The molecule has 2 rings (SSSR count). The quantitative estimate of drug-likeness (QED) is 0.846. The van der Waals surface area contributed by atoms with E-state index in [-0.39, 0.29) is 5.91 Å². The Bertz CT molecular complexity index is 438. The number of aromatic nitrogens is 1. The molecule has 0 bridgehead atoms. The predicted octanol–water partition coefficient (Wildman–Crippen LogP) is 2.20. The summed E-state index contributed by atoms with van der Waals surface area (Å²) < 4.78 is 0. The van der Waals surface area contributed by atoms with Gasteiger partial charge in [-0.1, -0.05) is 0 Å². The van der Waals surface area contributed by atoms with Crippen LogP contribution in [0.15, 0.2) is 0 Å². The maximum Gasteiger partial charge on any atom is 0.220 e. The molecule has 2 N–H and O–H groups in total. The van der Waals surface area contributed by atoms with Crippen molar-refractivity contribution >= 4 is 17.2 Å². The number of carbonyl (C=O) groups excluding carboxylic acids is 1. The number of hydrogen-bond acceptors (Lipinski definition) is 4. The van der Waals surface area contributed by atoms with Crippen molar-refractivity contribution in [3.63, 3.8) is 0 Å². The minimum atomic E-state index is 0.197. The molecular formula is C15H25N3OS. The van der Waals surface area contributed by atoms with Crippen molar-refractivity contribution < 1.29 is 4.79 Å².